The van der Waals surface area contributed by atoms with Gasteiger partial charge in [0.2, 0.25) is 0 Å². The Labute approximate surface area is 155 Å². The van der Waals surface area contributed by atoms with Gasteiger partial charge in [-0.2, -0.15) is 0 Å². The molecule has 4 nitrogen and oxygen atoms in total. The van der Waals surface area contributed by atoms with Gasteiger partial charge < -0.3 is 9.73 Å². The van der Waals surface area contributed by atoms with Crippen molar-refractivity contribution in [1.82, 2.24) is 4.98 Å². The normalized spacial score (nSPS) is 11.3. The molecule has 0 unspecified atom stereocenters. The Morgan fingerprint density at radius 3 is 2.85 bits per heavy atom. The Bertz CT molecular complexity index is 1080. The predicted molar refractivity (Wildman–Crippen MR) is 109 cm³/mol. The molecule has 2 aromatic carbocycles. The number of aromatic nitrogens is 1. The number of nitrogens with one attached hydrogen (secondary N) is 1. The van der Waals surface area contributed by atoms with E-state index in [0.29, 0.717) is 16.2 Å². The van der Waals surface area contributed by atoms with Crippen molar-refractivity contribution in [1.29, 1.82) is 0 Å². The van der Waals surface area contributed by atoms with Crippen molar-refractivity contribution in [3.8, 4) is 10.6 Å². The average Bonchev–Trinajstić information content (AvgIpc) is 3.08. The first-order chi connectivity index (χ1) is 12.7. The monoisotopic (exact) mass is 364 g/mol. The number of hydrogen-bond acceptors (Lipinski definition) is 5. The molecule has 0 saturated heterocycles. The van der Waals surface area contributed by atoms with Crippen LogP contribution in [-0.2, 0) is 0 Å². The molecule has 0 radical (unpaired) electrons. The van der Waals surface area contributed by atoms with Crippen LogP contribution in [-0.4, -0.2) is 11.5 Å². The molecule has 0 fully saturated rings. The lowest BCUT2D eigenvalue weighted by molar-refractivity contribution is 0.563. The minimum absolute atomic E-state index is 0.348. The Balaban J connectivity index is 1.67. The largest absolute Gasteiger partial charge is 0.422 e. The summed E-state index contributed by atoms with van der Waals surface area (Å²) in [7, 11) is 0. The summed E-state index contributed by atoms with van der Waals surface area (Å²) in [6.07, 6.45) is 3.54. The van der Waals surface area contributed by atoms with E-state index < -0.39 is 0 Å². The lowest BCUT2D eigenvalue weighted by Crippen LogP contribution is -2.04. The first kappa shape index (κ1) is 16.8. The molecule has 0 bridgehead atoms. The van der Waals surface area contributed by atoms with Gasteiger partial charge in [0.15, 0.2) is 0 Å². The SMILES string of the molecule is CCCCCNc1ccc2cc(-c3nc4ccccc4s3)c(=O)oc2c1. The van der Waals surface area contributed by atoms with Gasteiger partial charge >= 0.3 is 5.63 Å². The lowest BCUT2D eigenvalue weighted by Gasteiger charge is -2.07. The van der Waals surface area contributed by atoms with Crippen molar-refractivity contribution in [2.45, 2.75) is 26.2 Å². The molecule has 0 aliphatic carbocycles. The fraction of sp³-hybridized carbons (Fsp3) is 0.238. The number of benzene rings is 2. The number of para-hydroxylation sites is 1. The van der Waals surface area contributed by atoms with Gasteiger partial charge in [0.25, 0.3) is 0 Å². The van der Waals surface area contributed by atoms with Gasteiger partial charge in [0.05, 0.1) is 15.8 Å². The Morgan fingerprint density at radius 2 is 2.00 bits per heavy atom. The van der Waals surface area contributed by atoms with Gasteiger partial charge in [0, 0.05) is 23.7 Å². The Morgan fingerprint density at radius 1 is 1.12 bits per heavy atom. The van der Waals surface area contributed by atoms with E-state index in [0.717, 1.165) is 34.3 Å². The topological polar surface area (TPSA) is 55.1 Å². The van der Waals surface area contributed by atoms with Crippen LogP contribution >= 0.6 is 11.3 Å². The summed E-state index contributed by atoms with van der Waals surface area (Å²) < 4.78 is 6.65. The lowest BCUT2D eigenvalue weighted by atomic mass is 10.1. The average molecular weight is 364 g/mol. The molecule has 4 aromatic rings. The van der Waals surface area contributed by atoms with Gasteiger partial charge in [0.1, 0.15) is 10.6 Å². The molecular formula is C21H20N2O2S. The van der Waals surface area contributed by atoms with Gasteiger partial charge in [-0.1, -0.05) is 31.9 Å². The van der Waals surface area contributed by atoms with Crippen molar-refractivity contribution < 1.29 is 4.42 Å². The number of hydrogen-bond donors (Lipinski definition) is 1. The number of thiazole rings is 1. The smallest absolute Gasteiger partial charge is 0.346 e. The summed E-state index contributed by atoms with van der Waals surface area (Å²) >= 11 is 1.51. The van der Waals surface area contributed by atoms with Crippen LogP contribution in [0, 0.1) is 0 Å². The summed E-state index contributed by atoms with van der Waals surface area (Å²) in [5.41, 5.74) is 2.64. The van der Waals surface area contributed by atoms with E-state index >= 15 is 0 Å². The quantitative estimate of drug-likeness (QED) is 0.354. The Kier molecular flexibility index (Phi) is 4.71. The van der Waals surface area contributed by atoms with Gasteiger partial charge in [-0.3, -0.25) is 0 Å². The molecule has 26 heavy (non-hydrogen) atoms. The minimum atomic E-state index is -0.348. The molecule has 2 heterocycles. The number of anilines is 1. The molecule has 0 spiro atoms. The maximum Gasteiger partial charge on any atom is 0.346 e. The van der Waals surface area contributed by atoms with Crippen molar-refractivity contribution in [3.63, 3.8) is 0 Å². The molecule has 5 heteroatoms. The third kappa shape index (κ3) is 3.35. The van der Waals surface area contributed by atoms with Crippen molar-refractivity contribution in [3.05, 3.63) is 59.0 Å². The van der Waals surface area contributed by atoms with Gasteiger partial charge in [-0.25, -0.2) is 9.78 Å². The summed E-state index contributed by atoms with van der Waals surface area (Å²) in [5.74, 6) is 0. The number of fused-ring (bicyclic) bond motifs is 2. The molecule has 2 aromatic heterocycles. The molecule has 0 aliphatic rings. The molecule has 1 N–H and O–H groups in total. The van der Waals surface area contributed by atoms with Crippen LogP contribution in [0.15, 0.2) is 57.7 Å². The van der Waals surface area contributed by atoms with E-state index in [1.165, 1.54) is 24.2 Å². The fourth-order valence-electron chi connectivity index (χ4n) is 2.97. The van der Waals surface area contributed by atoms with Gasteiger partial charge in [-0.05, 0) is 36.8 Å². The number of rotatable bonds is 6. The second-order valence-electron chi connectivity index (χ2n) is 6.32. The number of nitrogens with zero attached hydrogens (tertiary/aromatic N) is 1. The third-order valence-electron chi connectivity index (χ3n) is 4.37. The second-order valence-corrected chi connectivity index (χ2v) is 7.35. The van der Waals surface area contributed by atoms with E-state index in [1.807, 2.05) is 48.5 Å². The van der Waals surface area contributed by atoms with E-state index in [4.69, 9.17) is 4.42 Å². The van der Waals surface area contributed by atoms with Crippen LogP contribution in [0.3, 0.4) is 0 Å². The maximum atomic E-state index is 12.5. The molecule has 132 valence electrons. The highest BCUT2D eigenvalue weighted by Crippen LogP contribution is 2.30. The summed E-state index contributed by atoms with van der Waals surface area (Å²) in [4.78, 5) is 17.1. The first-order valence-electron chi connectivity index (χ1n) is 8.92. The zero-order valence-corrected chi connectivity index (χ0v) is 15.4. The molecule has 4 rings (SSSR count). The third-order valence-corrected chi connectivity index (χ3v) is 5.44. The fourth-order valence-corrected chi connectivity index (χ4v) is 3.93. The molecule has 0 atom stereocenters. The zero-order valence-electron chi connectivity index (χ0n) is 14.6. The highest BCUT2D eigenvalue weighted by Gasteiger charge is 2.13. The van der Waals surface area contributed by atoms with Crippen molar-refractivity contribution in [2.75, 3.05) is 11.9 Å². The van der Waals surface area contributed by atoms with E-state index in [1.54, 1.807) is 0 Å². The minimum Gasteiger partial charge on any atom is -0.422 e. The predicted octanol–water partition coefficient (Wildman–Crippen LogP) is 5.67. The van der Waals surface area contributed by atoms with Crippen LogP contribution in [0.4, 0.5) is 5.69 Å². The van der Waals surface area contributed by atoms with Crippen LogP contribution in [0.1, 0.15) is 26.2 Å². The second kappa shape index (κ2) is 7.30. The zero-order chi connectivity index (χ0) is 17.9. The molecular weight excluding hydrogens is 344 g/mol. The highest BCUT2D eigenvalue weighted by atomic mass is 32.1. The Hall–Kier alpha value is -2.66. The standard InChI is InChI=1S/C21H20N2O2S/c1-2-3-6-11-22-15-10-9-14-12-16(21(24)25-18(14)13-15)20-23-17-7-4-5-8-19(17)26-20/h4-5,7-10,12-13,22H,2-3,6,11H2,1H3. The highest BCUT2D eigenvalue weighted by molar-refractivity contribution is 7.21. The van der Waals surface area contributed by atoms with Crippen molar-refractivity contribution >= 4 is 38.2 Å². The van der Waals surface area contributed by atoms with Crippen molar-refractivity contribution in [2.24, 2.45) is 0 Å². The van der Waals surface area contributed by atoms with Crippen LogP contribution < -0.4 is 10.9 Å². The van der Waals surface area contributed by atoms with Crippen LogP contribution in [0.2, 0.25) is 0 Å². The van der Waals surface area contributed by atoms with Crippen LogP contribution in [0.25, 0.3) is 31.8 Å². The number of unbranched alkanes of at least 4 members (excludes halogenated alkanes) is 2. The molecule has 0 saturated carbocycles. The first-order valence-corrected chi connectivity index (χ1v) is 9.74. The maximum absolute atomic E-state index is 12.5. The van der Waals surface area contributed by atoms with E-state index in [2.05, 4.69) is 17.2 Å². The van der Waals surface area contributed by atoms with E-state index in [9.17, 15) is 4.79 Å². The summed E-state index contributed by atoms with van der Waals surface area (Å²) in [6, 6.07) is 15.7. The van der Waals surface area contributed by atoms with Gasteiger partial charge in [-0.15, -0.1) is 11.3 Å². The summed E-state index contributed by atoms with van der Waals surface area (Å²) in [6.45, 7) is 3.11. The van der Waals surface area contributed by atoms with E-state index in [-0.39, 0.29) is 5.63 Å². The molecule has 0 aliphatic heterocycles. The summed E-state index contributed by atoms with van der Waals surface area (Å²) in [5, 5.41) is 4.98. The van der Waals surface area contributed by atoms with Crippen LogP contribution in [0.5, 0.6) is 0 Å². The molecule has 0 amide bonds.